The van der Waals surface area contributed by atoms with Crippen LogP contribution in [-0.4, -0.2) is 50.4 Å². The first-order valence-electron chi connectivity index (χ1n) is 12.0. The van der Waals surface area contributed by atoms with E-state index in [1.54, 1.807) is 24.1 Å². The van der Waals surface area contributed by atoms with E-state index < -0.39 is 5.60 Å². The van der Waals surface area contributed by atoms with Crippen LogP contribution < -0.4 is 16.0 Å². The maximum Gasteiger partial charge on any atom is 0.259 e. The number of benzene rings is 1. The lowest BCUT2D eigenvalue weighted by atomic mass is 9.77. The zero-order valence-electron chi connectivity index (χ0n) is 19.9. The van der Waals surface area contributed by atoms with Crippen molar-refractivity contribution in [1.82, 2.24) is 19.3 Å². The molecule has 3 N–H and O–H groups in total. The van der Waals surface area contributed by atoms with Crippen LogP contribution in [0.2, 0.25) is 0 Å². The van der Waals surface area contributed by atoms with Crippen LogP contribution in [0.15, 0.2) is 41.5 Å². The summed E-state index contributed by atoms with van der Waals surface area (Å²) >= 11 is 0. The number of hydrogen-bond acceptors (Lipinski definition) is 7. The highest BCUT2D eigenvalue weighted by molar-refractivity contribution is 6.02. The Bertz CT molecular complexity index is 1490. The predicted octanol–water partition coefficient (Wildman–Crippen LogP) is 3.44. The summed E-state index contributed by atoms with van der Waals surface area (Å²) in [4.78, 5) is 17.9. The molecule has 1 saturated heterocycles. The van der Waals surface area contributed by atoms with Crippen molar-refractivity contribution in [2.45, 2.75) is 50.3 Å². The van der Waals surface area contributed by atoms with Crippen molar-refractivity contribution in [3.63, 3.8) is 0 Å². The van der Waals surface area contributed by atoms with Gasteiger partial charge in [0, 0.05) is 23.8 Å². The summed E-state index contributed by atoms with van der Waals surface area (Å²) in [7, 11) is 1.62. The maximum atomic E-state index is 13.6. The molecule has 1 saturated carbocycles. The van der Waals surface area contributed by atoms with E-state index in [2.05, 4.69) is 4.98 Å². The van der Waals surface area contributed by atoms with Gasteiger partial charge in [0.2, 0.25) is 0 Å². The molecule has 35 heavy (non-hydrogen) atoms. The molecule has 1 aliphatic carbocycles. The van der Waals surface area contributed by atoms with Crippen LogP contribution in [-0.2, 0) is 4.74 Å². The summed E-state index contributed by atoms with van der Waals surface area (Å²) in [6, 6.07) is 7.66. The summed E-state index contributed by atoms with van der Waals surface area (Å²) in [5, 5.41) is 17.3. The summed E-state index contributed by atoms with van der Waals surface area (Å²) < 4.78 is 15.0. The van der Waals surface area contributed by atoms with Gasteiger partial charge in [-0.2, -0.15) is 5.10 Å². The van der Waals surface area contributed by atoms with Crippen LogP contribution in [0.3, 0.4) is 0 Å². The molecule has 2 fully saturated rings. The quantitative estimate of drug-likeness (QED) is 0.464. The molecule has 4 aromatic rings. The first kappa shape index (κ1) is 22.1. The number of pyridine rings is 2. The van der Waals surface area contributed by atoms with Crippen molar-refractivity contribution >= 4 is 27.5 Å². The molecule has 4 heterocycles. The Morgan fingerprint density at radius 1 is 1.23 bits per heavy atom. The molecular weight excluding hydrogens is 446 g/mol. The molecule has 9 heteroatoms. The average Bonchev–Trinajstić information content (AvgIpc) is 3.24. The van der Waals surface area contributed by atoms with Crippen LogP contribution in [0, 0.1) is 0 Å². The van der Waals surface area contributed by atoms with Gasteiger partial charge in [-0.15, -0.1) is 0 Å². The first-order valence-corrected chi connectivity index (χ1v) is 12.0. The SMILES string of the molecule is COc1cn([C@H]2CCCOC2)c(=O)c2cc(-c3nn(C4CC(C)(O)C4)c4ccnc(N)c34)ccc12. The fourth-order valence-electron chi connectivity index (χ4n) is 5.58. The molecular formula is C26H29N5O4. The van der Waals surface area contributed by atoms with Gasteiger partial charge >= 0.3 is 0 Å². The topological polar surface area (TPSA) is 117 Å². The van der Waals surface area contributed by atoms with Gasteiger partial charge in [-0.25, -0.2) is 4.98 Å². The van der Waals surface area contributed by atoms with Gasteiger partial charge in [0.15, 0.2) is 0 Å². The van der Waals surface area contributed by atoms with Crippen LogP contribution in [0.5, 0.6) is 5.75 Å². The Labute approximate surface area is 202 Å². The van der Waals surface area contributed by atoms with E-state index in [-0.39, 0.29) is 17.6 Å². The van der Waals surface area contributed by atoms with E-state index in [9.17, 15) is 9.90 Å². The number of anilines is 1. The second-order valence-electron chi connectivity index (χ2n) is 9.98. The second kappa shape index (κ2) is 8.07. The fourth-order valence-corrected chi connectivity index (χ4v) is 5.58. The lowest BCUT2D eigenvalue weighted by Crippen LogP contribution is -2.42. The van der Waals surface area contributed by atoms with Gasteiger partial charge in [0.25, 0.3) is 5.56 Å². The van der Waals surface area contributed by atoms with Gasteiger partial charge in [-0.3, -0.25) is 9.48 Å². The lowest BCUT2D eigenvalue weighted by molar-refractivity contribution is -0.0529. The number of nitrogens with zero attached hydrogens (tertiary/aromatic N) is 4. The number of nitrogens with two attached hydrogens (primary N) is 1. The van der Waals surface area contributed by atoms with Crippen molar-refractivity contribution < 1.29 is 14.6 Å². The summed E-state index contributed by atoms with van der Waals surface area (Å²) in [5.41, 5.74) is 7.88. The second-order valence-corrected chi connectivity index (χ2v) is 9.98. The molecule has 3 aromatic heterocycles. The normalized spacial score (nSPS) is 24.5. The van der Waals surface area contributed by atoms with E-state index in [1.807, 2.05) is 35.9 Å². The molecule has 6 rings (SSSR count). The molecule has 0 radical (unpaired) electrons. The molecule has 1 aliphatic heterocycles. The number of ether oxygens (including phenoxy) is 2. The highest BCUT2D eigenvalue weighted by Gasteiger charge is 2.41. The molecule has 182 valence electrons. The zero-order valence-corrected chi connectivity index (χ0v) is 19.9. The Balaban J connectivity index is 1.53. The molecule has 1 atom stereocenters. The number of aromatic nitrogens is 4. The standard InChI is InChI=1S/C26H29N5O4/c1-26(33)11-17(12-26)31-20-7-8-28-24(27)22(20)23(29-31)15-5-6-18-19(10-15)25(32)30(13-21(18)34-2)16-4-3-9-35-14-16/h5-8,10,13,16-17,33H,3-4,9,11-12,14H2,1-2H3,(H2,27,28)/t16-,17?,26?/m0/s1. The molecule has 2 aliphatic rings. The third kappa shape index (κ3) is 3.57. The maximum absolute atomic E-state index is 13.6. The number of rotatable bonds is 4. The van der Waals surface area contributed by atoms with Gasteiger partial charge < -0.3 is 24.9 Å². The highest BCUT2D eigenvalue weighted by atomic mass is 16.5. The predicted molar refractivity (Wildman–Crippen MR) is 134 cm³/mol. The van der Waals surface area contributed by atoms with Crippen LogP contribution in [0.25, 0.3) is 32.9 Å². The summed E-state index contributed by atoms with van der Waals surface area (Å²) in [5.74, 6) is 1.03. The summed E-state index contributed by atoms with van der Waals surface area (Å²) in [6.45, 7) is 3.07. The first-order chi connectivity index (χ1) is 16.9. The number of aliphatic hydroxyl groups is 1. The van der Waals surface area contributed by atoms with Crippen LogP contribution in [0.1, 0.15) is 44.7 Å². The van der Waals surface area contributed by atoms with Crippen molar-refractivity contribution in [1.29, 1.82) is 0 Å². The van der Waals surface area contributed by atoms with Gasteiger partial charge in [-0.05, 0) is 50.8 Å². The Morgan fingerprint density at radius 3 is 2.77 bits per heavy atom. The van der Waals surface area contributed by atoms with Crippen molar-refractivity contribution in [3.05, 3.63) is 47.0 Å². The smallest absolute Gasteiger partial charge is 0.259 e. The average molecular weight is 476 g/mol. The monoisotopic (exact) mass is 475 g/mol. The fraction of sp³-hybridized carbons (Fsp3) is 0.423. The molecule has 0 unspecified atom stereocenters. The van der Waals surface area contributed by atoms with E-state index >= 15 is 0 Å². The molecule has 0 amide bonds. The van der Waals surface area contributed by atoms with E-state index in [0.717, 1.165) is 41.3 Å². The zero-order chi connectivity index (χ0) is 24.3. The Hall–Kier alpha value is -3.43. The van der Waals surface area contributed by atoms with Crippen LogP contribution >= 0.6 is 0 Å². The van der Waals surface area contributed by atoms with Crippen LogP contribution in [0.4, 0.5) is 5.82 Å². The number of hydrogen-bond donors (Lipinski definition) is 2. The number of methoxy groups -OCH3 is 1. The summed E-state index contributed by atoms with van der Waals surface area (Å²) in [6.07, 6.45) is 6.51. The molecule has 9 nitrogen and oxygen atoms in total. The van der Waals surface area contributed by atoms with E-state index in [4.69, 9.17) is 20.3 Å². The minimum absolute atomic E-state index is 0.0236. The molecule has 0 bridgehead atoms. The Morgan fingerprint density at radius 2 is 2.06 bits per heavy atom. The minimum Gasteiger partial charge on any atom is -0.495 e. The van der Waals surface area contributed by atoms with Gasteiger partial charge in [-0.1, -0.05) is 6.07 Å². The van der Waals surface area contributed by atoms with E-state index in [0.29, 0.717) is 42.1 Å². The van der Waals surface area contributed by atoms with Crippen molar-refractivity contribution in [2.24, 2.45) is 0 Å². The van der Waals surface area contributed by atoms with E-state index in [1.165, 1.54) is 0 Å². The minimum atomic E-state index is -0.685. The number of fused-ring (bicyclic) bond motifs is 2. The molecule has 1 aromatic carbocycles. The third-order valence-electron chi connectivity index (χ3n) is 7.38. The highest BCUT2D eigenvalue weighted by Crippen LogP contribution is 2.44. The van der Waals surface area contributed by atoms with Gasteiger partial charge in [0.1, 0.15) is 17.3 Å². The third-order valence-corrected chi connectivity index (χ3v) is 7.38. The molecule has 0 spiro atoms. The largest absolute Gasteiger partial charge is 0.495 e. The lowest BCUT2D eigenvalue weighted by Gasteiger charge is -2.41. The van der Waals surface area contributed by atoms with Crippen molar-refractivity contribution in [2.75, 3.05) is 26.1 Å². The van der Waals surface area contributed by atoms with Gasteiger partial charge in [0.05, 0.1) is 53.9 Å². The van der Waals surface area contributed by atoms with Crippen molar-refractivity contribution in [3.8, 4) is 17.0 Å². The number of nitrogen functional groups attached to an aromatic ring is 1. The Kier molecular flexibility index (Phi) is 5.08.